The molecule has 4 aliphatic rings. The van der Waals surface area contributed by atoms with Gasteiger partial charge in [-0.05, 0) is 126 Å². The number of fused-ring (bicyclic) bond motifs is 3. The number of aliphatic hydroxyl groups is 2. The number of cyclic esters (lactones) is 1. The second-order valence-electron chi connectivity index (χ2n) is 22.5. The normalized spacial score (nSPS) is 37.3. The van der Waals surface area contributed by atoms with Crippen LogP contribution in [0.4, 0.5) is 0 Å². The number of piperidine rings is 1. The highest BCUT2D eigenvalue weighted by molar-refractivity contribution is 8.01. The Balaban J connectivity index is 1.67. The van der Waals surface area contributed by atoms with Crippen molar-refractivity contribution in [2.24, 2.45) is 35.5 Å². The smallest absolute Gasteiger partial charge is 0.329 e. The molecule has 0 unspecified atom stereocenters. The Labute approximate surface area is 442 Å². The lowest BCUT2D eigenvalue weighted by atomic mass is 9.78. The fourth-order valence-electron chi connectivity index (χ4n) is 11.1. The molecule has 17 heteroatoms. The third kappa shape index (κ3) is 17.9. The average Bonchev–Trinajstić information content (AvgIpc) is 3.35. The molecule has 0 spiro atoms. The van der Waals surface area contributed by atoms with Crippen LogP contribution >= 0.6 is 0 Å². The first-order valence-corrected chi connectivity index (χ1v) is 29.8. The first-order chi connectivity index (χ1) is 34.8. The standard InChI is InChI=1S/C57H91NO15S/c1-35-19-14-13-15-20-36(2)47(68-8)33-43-25-23-41(7)57(66,73-43)54(63)55(64)58-27-17-16-21-44(58)56(65)72-48(34-45(59)37(3)30-40(6)52(62)53(70-10)51(61)39(5)29-35)38(4)31-42-24-26-46(49(32-42)69-9)71-50(60)22-18-28-74(11,12)67/h13-15,19-20,30,35,37-39,41-44,46-49,52-53,62,66,74H,16-18,21-29,31-34H2,1-12H3/b15-13+,19-14+,36-20+,40-30+/t35-,37-,38+,39-,41-,42+,43+,44+,46-,47+,48+,49-,52-,53+,57-/m1/s1. The van der Waals surface area contributed by atoms with Crippen LogP contribution < -0.4 is 0 Å². The van der Waals surface area contributed by atoms with E-state index in [-0.39, 0.29) is 55.2 Å². The molecule has 3 aliphatic heterocycles. The number of thiol groups is 1. The minimum absolute atomic E-state index is 0.00123. The molecule has 2 N–H and O–H groups in total. The van der Waals surface area contributed by atoms with Gasteiger partial charge in [0.1, 0.15) is 36.2 Å². The number of ketones is 3. The van der Waals surface area contributed by atoms with Crippen LogP contribution in [0.2, 0.25) is 0 Å². The number of Topliss-reactive ketones (excluding diaryl/α,β-unsaturated/α-hetero) is 3. The van der Waals surface area contributed by atoms with Crippen molar-refractivity contribution in [2.45, 2.75) is 193 Å². The molecule has 4 rings (SSSR count). The van der Waals surface area contributed by atoms with E-state index in [4.69, 9.17) is 28.4 Å². The first-order valence-electron chi connectivity index (χ1n) is 27.1. The zero-order chi connectivity index (χ0) is 55.1. The Morgan fingerprint density at radius 1 is 0.878 bits per heavy atom. The van der Waals surface area contributed by atoms with Crippen LogP contribution in [0.3, 0.4) is 0 Å². The molecule has 1 amide bonds. The van der Waals surface area contributed by atoms with Crippen LogP contribution in [0.5, 0.6) is 0 Å². The third-order valence-corrected chi connectivity index (χ3v) is 17.2. The van der Waals surface area contributed by atoms with Crippen LogP contribution in [0.1, 0.15) is 138 Å². The molecule has 1 saturated carbocycles. The van der Waals surface area contributed by atoms with E-state index in [0.717, 1.165) is 5.57 Å². The molecule has 74 heavy (non-hydrogen) atoms. The highest BCUT2D eigenvalue weighted by Gasteiger charge is 2.53. The van der Waals surface area contributed by atoms with E-state index in [0.29, 0.717) is 82.0 Å². The number of rotatable bonds is 11. The van der Waals surface area contributed by atoms with Crippen molar-refractivity contribution in [1.29, 1.82) is 0 Å². The zero-order valence-electron chi connectivity index (χ0n) is 46.5. The van der Waals surface area contributed by atoms with Crippen molar-refractivity contribution in [3.8, 4) is 0 Å². The number of nitrogens with zero attached hydrogens (tertiary/aromatic N) is 1. The van der Waals surface area contributed by atoms with Crippen molar-refractivity contribution < 1.29 is 71.6 Å². The van der Waals surface area contributed by atoms with E-state index in [2.05, 4.69) is 0 Å². The molecule has 3 heterocycles. The van der Waals surface area contributed by atoms with Gasteiger partial charge in [-0.3, -0.25) is 28.2 Å². The minimum Gasteiger partial charge on any atom is -0.460 e. The summed E-state index contributed by atoms with van der Waals surface area (Å²) in [5.41, 5.74) is 1.23. The predicted molar refractivity (Wildman–Crippen MR) is 284 cm³/mol. The van der Waals surface area contributed by atoms with Gasteiger partial charge in [0.2, 0.25) is 5.79 Å². The second kappa shape index (κ2) is 29.1. The van der Waals surface area contributed by atoms with Gasteiger partial charge in [-0.2, -0.15) is 0 Å². The molecule has 2 bridgehead atoms. The van der Waals surface area contributed by atoms with E-state index in [1.807, 2.05) is 51.2 Å². The number of hydrogen-bond acceptors (Lipinski definition) is 15. The van der Waals surface area contributed by atoms with E-state index in [1.165, 1.54) is 12.0 Å². The Bertz CT molecular complexity index is 2090. The largest absolute Gasteiger partial charge is 0.460 e. The molecule has 0 radical (unpaired) electrons. The lowest BCUT2D eigenvalue weighted by Crippen LogP contribution is -2.61. The Kier molecular flexibility index (Phi) is 24.7. The molecule has 2 saturated heterocycles. The molecule has 1 aliphatic carbocycles. The van der Waals surface area contributed by atoms with E-state index < -0.39 is 106 Å². The number of hydrogen-bond donors (Lipinski definition) is 3. The van der Waals surface area contributed by atoms with Crippen LogP contribution in [-0.2, 0) is 67.1 Å². The molecule has 0 aromatic heterocycles. The van der Waals surface area contributed by atoms with E-state index in [9.17, 15) is 43.2 Å². The fourth-order valence-corrected chi connectivity index (χ4v) is 12.0. The van der Waals surface area contributed by atoms with Gasteiger partial charge in [0.15, 0.2) is 5.78 Å². The Hall–Kier alpha value is -3.71. The lowest BCUT2D eigenvalue weighted by Gasteiger charge is -2.42. The van der Waals surface area contributed by atoms with Crippen LogP contribution in [0.15, 0.2) is 47.6 Å². The van der Waals surface area contributed by atoms with Crippen molar-refractivity contribution in [1.82, 2.24) is 4.90 Å². The van der Waals surface area contributed by atoms with Gasteiger partial charge in [-0.25, -0.2) is 4.79 Å². The van der Waals surface area contributed by atoms with Crippen LogP contribution in [-0.4, -0.2) is 155 Å². The summed E-state index contributed by atoms with van der Waals surface area (Å²) in [6.07, 6.45) is 14.7. The number of carbonyl (C=O) groups excluding carboxylic acids is 6. The summed E-state index contributed by atoms with van der Waals surface area (Å²) >= 11 is 0. The number of esters is 2. The summed E-state index contributed by atoms with van der Waals surface area (Å²) < 4.78 is 47.8. The first kappa shape index (κ1) is 62.8. The summed E-state index contributed by atoms with van der Waals surface area (Å²) in [6, 6.07) is -1.18. The minimum atomic E-state index is -2.46. The summed E-state index contributed by atoms with van der Waals surface area (Å²) in [4.78, 5) is 85.3. The Morgan fingerprint density at radius 3 is 2.26 bits per heavy atom. The van der Waals surface area contributed by atoms with Gasteiger partial charge in [-0.1, -0.05) is 71.1 Å². The Morgan fingerprint density at radius 2 is 1.59 bits per heavy atom. The molecular weight excluding hydrogens is 971 g/mol. The molecule has 0 aromatic rings. The number of amides is 1. The third-order valence-electron chi connectivity index (χ3n) is 15.8. The number of carbonyl (C=O) groups is 6. The second-order valence-corrected chi connectivity index (χ2v) is 26.0. The highest BCUT2D eigenvalue weighted by Crippen LogP contribution is 2.38. The topological polar surface area (TPSA) is 219 Å². The maximum atomic E-state index is 14.6. The van der Waals surface area contributed by atoms with E-state index in [1.54, 1.807) is 60.5 Å². The van der Waals surface area contributed by atoms with Crippen molar-refractivity contribution in [2.75, 3.05) is 46.1 Å². The van der Waals surface area contributed by atoms with Crippen LogP contribution in [0.25, 0.3) is 0 Å². The van der Waals surface area contributed by atoms with Gasteiger partial charge in [-0.15, -0.1) is 9.93 Å². The van der Waals surface area contributed by atoms with Gasteiger partial charge in [0.05, 0.1) is 18.3 Å². The fraction of sp³-hybridized carbons (Fsp3) is 0.754. The molecule has 16 nitrogen and oxygen atoms in total. The molecule has 0 aromatic carbocycles. The van der Waals surface area contributed by atoms with Gasteiger partial charge >= 0.3 is 11.9 Å². The summed E-state index contributed by atoms with van der Waals surface area (Å²) in [5, 5.41) is 23.5. The number of methoxy groups -OCH3 is 3. The lowest BCUT2D eigenvalue weighted by molar-refractivity contribution is -0.265. The van der Waals surface area contributed by atoms with Gasteiger partial charge < -0.3 is 43.5 Å². The van der Waals surface area contributed by atoms with Crippen molar-refractivity contribution in [3.63, 3.8) is 0 Å². The maximum absolute atomic E-state index is 14.6. The average molecular weight is 1060 g/mol. The maximum Gasteiger partial charge on any atom is 0.329 e. The SMILES string of the molecule is CO[C@H]1C[C@@H]2CC[C@@H](C)[C@@](O)(O2)C(=O)C(=O)N2CCCC[C@H]2C(=O)O[C@H]([C@@H](C)C[C@@H]2CC[C@@H](OC(=O)CCC[SH](C)(C)=O)[C@H](OC)C2)CC(=O)[C@H](C)/C=C(\C)[C@@H](O)[C@@H](OC)C(=O)[C@H](C)C[C@H](C)/C=C/C=C/C=C/1C. The van der Waals surface area contributed by atoms with Gasteiger partial charge in [0.25, 0.3) is 11.7 Å². The summed E-state index contributed by atoms with van der Waals surface area (Å²) in [7, 11) is 2.24. The van der Waals surface area contributed by atoms with Crippen molar-refractivity contribution >= 4 is 45.1 Å². The number of aliphatic hydroxyl groups excluding tert-OH is 1. The quantitative estimate of drug-likeness (QED) is 0.0840. The predicted octanol–water partition coefficient (Wildman–Crippen LogP) is 6.79. The number of allylic oxidation sites excluding steroid dienone is 6. The van der Waals surface area contributed by atoms with E-state index >= 15 is 0 Å². The van der Waals surface area contributed by atoms with Crippen molar-refractivity contribution in [3.05, 3.63) is 47.6 Å². The molecular formula is C57H91NO15S. The summed E-state index contributed by atoms with van der Waals surface area (Å²) in [5.74, 6) is -8.27. The van der Waals surface area contributed by atoms with Gasteiger partial charge in [0, 0.05) is 70.6 Å². The molecule has 15 atom stereocenters. The highest BCUT2D eigenvalue weighted by atomic mass is 32.2. The molecule has 420 valence electrons. The number of ether oxygens (including phenoxy) is 6. The monoisotopic (exact) mass is 1060 g/mol. The summed E-state index contributed by atoms with van der Waals surface area (Å²) in [6.45, 7) is 12.7. The van der Waals surface area contributed by atoms with Crippen LogP contribution in [0, 0.1) is 35.5 Å². The molecule has 3 fully saturated rings. The zero-order valence-corrected chi connectivity index (χ0v) is 47.4.